The van der Waals surface area contributed by atoms with Gasteiger partial charge in [0.25, 0.3) is 0 Å². The van der Waals surface area contributed by atoms with Gasteiger partial charge in [-0.15, -0.1) is 0 Å². The quantitative estimate of drug-likeness (QED) is 0.292. The van der Waals surface area contributed by atoms with E-state index in [9.17, 15) is 9.59 Å². The van der Waals surface area contributed by atoms with Gasteiger partial charge in [-0.1, -0.05) is 0 Å². The van der Waals surface area contributed by atoms with E-state index in [1.165, 1.54) is 27.6 Å². The smallest absolute Gasteiger partial charge is 0.339 e. The van der Waals surface area contributed by atoms with Gasteiger partial charge in [0, 0.05) is 23.6 Å². The Labute approximate surface area is 197 Å². The number of Topliss-reactive ketones (excluding diaryl/α,β-unsaturated/α-hetero) is 1. The number of hydrogen-bond acceptors (Lipinski definition) is 9. The summed E-state index contributed by atoms with van der Waals surface area (Å²) in [5.41, 5.74) is 2.02. The van der Waals surface area contributed by atoms with Crippen LogP contribution in [-0.4, -0.2) is 47.0 Å². The molecule has 0 saturated carbocycles. The molecule has 34 heavy (non-hydrogen) atoms. The molecule has 1 aliphatic rings. The number of ether oxygens (including phenoxy) is 7. The zero-order chi connectivity index (χ0) is 24.7. The van der Waals surface area contributed by atoms with Crippen LogP contribution in [0.2, 0.25) is 0 Å². The summed E-state index contributed by atoms with van der Waals surface area (Å²) >= 11 is 0. The van der Waals surface area contributed by atoms with Crippen LogP contribution in [0.25, 0.3) is 0 Å². The Morgan fingerprint density at radius 1 is 0.941 bits per heavy atom. The minimum absolute atomic E-state index is 0.0469. The lowest BCUT2D eigenvalue weighted by Crippen LogP contribution is -2.11. The topological polar surface area (TPSA) is 98.8 Å². The molecule has 0 spiro atoms. The second kappa shape index (κ2) is 11.1. The lowest BCUT2D eigenvalue weighted by molar-refractivity contribution is -0.139. The van der Waals surface area contributed by atoms with E-state index in [0.29, 0.717) is 34.1 Å². The van der Waals surface area contributed by atoms with Crippen molar-refractivity contribution in [3.63, 3.8) is 0 Å². The van der Waals surface area contributed by atoms with Gasteiger partial charge in [0.2, 0.25) is 12.5 Å². The summed E-state index contributed by atoms with van der Waals surface area (Å²) in [7, 11) is 6.05. The van der Waals surface area contributed by atoms with Crippen molar-refractivity contribution >= 4 is 11.8 Å². The van der Waals surface area contributed by atoms with E-state index in [1.807, 2.05) is 6.92 Å². The molecule has 0 amide bonds. The van der Waals surface area contributed by atoms with Gasteiger partial charge in [0.05, 0.1) is 28.4 Å². The zero-order valence-corrected chi connectivity index (χ0v) is 19.6. The van der Waals surface area contributed by atoms with Crippen LogP contribution >= 0.6 is 0 Å². The maximum absolute atomic E-state index is 13.4. The predicted molar refractivity (Wildman–Crippen MR) is 121 cm³/mol. The summed E-state index contributed by atoms with van der Waals surface area (Å²) in [4.78, 5) is 26.0. The summed E-state index contributed by atoms with van der Waals surface area (Å²) in [5.74, 6) is 0.701. The summed E-state index contributed by atoms with van der Waals surface area (Å²) in [6.07, 6.45) is 2.40. The number of hydrogen-bond donors (Lipinski definition) is 0. The van der Waals surface area contributed by atoms with Gasteiger partial charge < -0.3 is 33.2 Å². The van der Waals surface area contributed by atoms with E-state index in [0.717, 1.165) is 11.6 Å². The van der Waals surface area contributed by atoms with Crippen molar-refractivity contribution in [2.45, 2.75) is 13.3 Å². The fraction of sp³-hybridized carbons (Fsp3) is 0.280. The van der Waals surface area contributed by atoms with Gasteiger partial charge in [-0.3, -0.25) is 4.79 Å². The summed E-state index contributed by atoms with van der Waals surface area (Å²) < 4.78 is 36.5. The van der Waals surface area contributed by atoms with Crippen LogP contribution < -0.4 is 18.9 Å². The third kappa shape index (κ3) is 5.61. The van der Waals surface area contributed by atoms with Crippen molar-refractivity contribution in [3.05, 3.63) is 70.9 Å². The molecule has 0 atom stereocenters. The van der Waals surface area contributed by atoms with Crippen LogP contribution in [0.5, 0.6) is 23.0 Å². The average Bonchev–Trinajstić information content (AvgIpc) is 3.35. The molecule has 0 fully saturated rings. The fourth-order valence-corrected chi connectivity index (χ4v) is 3.41. The normalized spacial score (nSPS) is 12.7. The van der Waals surface area contributed by atoms with Gasteiger partial charge in [-0.25, -0.2) is 4.79 Å². The van der Waals surface area contributed by atoms with Crippen LogP contribution in [0.4, 0.5) is 0 Å². The number of carbonyl (C=O) groups excluding carboxylic acids is 2. The van der Waals surface area contributed by atoms with Crippen molar-refractivity contribution in [1.82, 2.24) is 0 Å². The Morgan fingerprint density at radius 2 is 1.62 bits per heavy atom. The molecule has 9 heteroatoms. The first kappa shape index (κ1) is 24.5. The van der Waals surface area contributed by atoms with Gasteiger partial charge >= 0.3 is 11.9 Å². The van der Waals surface area contributed by atoms with Gasteiger partial charge in [0.1, 0.15) is 5.75 Å². The second-order valence-corrected chi connectivity index (χ2v) is 7.18. The van der Waals surface area contributed by atoms with E-state index in [-0.39, 0.29) is 30.5 Å². The van der Waals surface area contributed by atoms with Crippen molar-refractivity contribution in [1.29, 1.82) is 0 Å². The molecule has 3 rings (SSSR count). The molecule has 0 saturated heterocycles. The Bertz CT molecular complexity index is 1110. The number of ketones is 1. The molecule has 9 nitrogen and oxygen atoms in total. The van der Waals surface area contributed by atoms with E-state index in [2.05, 4.69) is 0 Å². The first-order valence-corrected chi connectivity index (χ1v) is 10.2. The zero-order valence-electron chi connectivity index (χ0n) is 19.6. The Morgan fingerprint density at radius 3 is 2.15 bits per heavy atom. The number of carbonyl (C=O) groups is 2. The predicted octanol–water partition coefficient (Wildman–Crippen LogP) is 3.73. The number of allylic oxidation sites excluding steroid dienone is 1. The fourth-order valence-electron chi connectivity index (χ4n) is 3.41. The molecule has 1 heterocycles. The molecular formula is C25H26O9. The largest absolute Gasteiger partial charge is 0.496 e. The number of esters is 1. The summed E-state index contributed by atoms with van der Waals surface area (Å²) in [6.45, 7) is 1.78. The molecule has 180 valence electrons. The molecular weight excluding hydrogens is 444 g/mol. The summed E-state index contributed by atoms with van der Waals surface area (Å²) in [5, 5.41) is 0. The highest BCUT2D eigenvalue weighted by atomic mass is 16.8. The van der Waals surface area contributed by atoms with E-state index < -0.39 is 5.97 Å². The molecule has 0 bridgehead atoms. The van der Waals surface area contributed by atoms with Crippen LogP contribution in [0.3, 0.4) is 0 Å². The molecule has 2 aromatic carbocycles. The molecule has 0 N–H and O–H groups in total. The Balaban J connectivity index is 1.99. The molecule has 0 aliphatic carbocycles. The average molecular weight is 470 g/mol. The van der Waals surface area contributed by atoms with Crippen molar-refractivity contribution in [3.8, 4) is 23.0 Å². The SMILES string of the molecule is COc1ccc(C(=O)C(=CC(=O)OC2=COCO2)Cc2cc(OC)c(OC)c(OC)c2)cc1C. The van der Waals surface area contributed by atoms with Crippen LogP contribution in [-0.2, 0) is 25.4 Å². The Kier molecular flexibility index (Phi) is 8.02. The maximum Gasteiger partial charge on any atom is 0.339 e. The van der Waals surface area contributed by atoms with Crippen molar-refractivity contribution in [2.24, 2.45) is 0 Å². The highest BCUT2D eigenvalue weighted by Crippen LogP contribution is 2.39. The van der Waals surface area contributed by atoms with E-state index in [4.69, 9.17) is 33.2 Å². The van der Waals surface area contributed by atoms with Crippen LogP contribution in [0.15, 0.2) is 54.2 Å². The number of methoxy groups -OCH3 is 4. The van der Waals surface area contributed by atoms with E-state index >= 15 is 0 Å². The minimum Gasteiger partial charge on any atom is -0.496 e. The number of aryl methyl sites for hydroxylation is 1. The molecule has 1 aliphatic heterocycles. The van der Waals surface area contributed by atoms with E-state index in [1.54, 1.807) is 37.4 Å². The first-order chi connectivity index (χ1) is 16.4. The standard InChI is InChI=1S/C25H26O9/c1-15-8-17(6-7-19(15)28-2)24(27)18(12-22(26)34-23-13-32-14-33-23)9-16-10-20(29-3)25(31-5)21(11-16)30-4/h6-8,10-13H,9,14H2,1-5H3. The number of benzene rings is 2. The van der Waals surface area contributed by atoms with Gasteiger partial charge in [-0.05, 0) is 48.4 Å². The van der Waals surface area contributed by atoms with Gasteiger partial charge in [0.15, 0.2) is 23.5 Å². The highest BCUT2D eigenvalue weighted by Gasteiger charge is 2.21. The highest BCUT2D eigenvalue weighted by molar-refractivity contribution is 6.11. The lowest BCUT2D eigenvalue weighted by Gasteiger charge is -2.15. The lowest BCUT2D eigenvalue weighted by atomic mass is 9.95. The van der Waals surface area contributed by atoms with Crippen molar-refractivity contribution in [2.75, 3.05) is 35.2 Å². The second-order valence-electron chi connectivity index (χ2n) is 7.18. The minimum atomic E-state index is -0.780. The number of rotatable bonds is 10. The molecule has 0 unspecified atom stereocenters. The summed E-state index contributed by atoms with van der Waals surface area (Å²) in [6, 6.07) is 8.46. The van der Waals surface area contributed by atoms with Crippen LogP contribution in [0.1, 0.15) is 21.5 Å². The molecule has 2 aromatic rings. The third-order valence-electron chi connectivity index (χ3n) is 5.01. The first-order valence-electron chi connectivity index (χ1n) is 10.2. The van der Waals surface area contributed by atoms with Crippen molar-refractivity contribution < 1.29 is 42.7 Å². The van der Waals surface area contributed by atoms with Crippen LogP contribution in [0, 0.1) is 6.92 Å². The monoisotopic (exact) mass is 470 g/mol. The molecule has 0 aromatic heterocycles. The van der Waals surface area contributed by atoms with Gasteiger partial charge in [-0.2, -0.15) is 0 Å². The molecule has 0 radical (unpaired) electrons. The third-order valence-corrected chi connectivity index (χ3v) is 5.01. The maximum atomic E-state index is 13.4. The Hall–Kier alpha value is -4.14.